The molecule has 0 amide bonds. The van der Waals surface area contributed by atoms with Crippen molar-refractivity contribution in [2.75, 3.05) is 16.4 Å². The molecule has 3 aromatic rings. The molecule has 2 aromatic heterocycles. The highest BCUT2D eigenvalue weighted by Crippen LogP contribution is 2.28. The SMILES string of the molecule is Nc1c(NCc2ccccc2)ncnc1Nc1cccnc1Cl. The van der Waals surface area contributed by atoms with Gasteiger partial charge in [0.2, 0.25) is 0 Å². The molecule has 0 aliphatic rings. The van der Waals surface area contributed by atoms with Crippen LogP contribution in [0.3, 0.4) is 0 Å². The van der Waals surface area contributed by atoms with Crippen LogP contribution in [0.2, 0.25) is 5.15 Å². The monoisotopic (exact) mass is 326 g/mol. The van der Waals surface area contributed by atoms with E-state index >= 15 is 0 Å². The summed E-state index contributed by atoms with van der Waals surface area (Å²) in [5, 5.41) is 6.62. The van der Waals surface area contributed by atoms with Crippen LogP contribution in [0.5, 0.6) is 0 Å². The van der Waals surface area contributed by atoms with Gasteiger partial charge in [-0.25, -0.2) is 15.0 Å². The minimum absolute atomic E-state index is 0.351. The summed E-state index contributed by atoms with van der Waals surface area (Å²) in [5.74, 6) is 1.04. The average molecular weight is 327 g/mol. The summed E-state index contributed by atoms with van der Waals surface area (Å²) in [7, 11) is 0. The molecule has 0 aliphatic heterocycles. The molecule has 0 aliphatic carbocycles. The first-order valence-electron chi connectivity index (χ1n) is 7.00. The second-order valence-corrected chi connectivity index (χ2v) is 5.15. The van der Waals surface area contributed by atoms with Crippen molar-refractivity contribution in [2.45, 2.75) is 6.54 Å². The van der Waals surface area contributed by atoms with Gasteiger partial charge in [-0.1, -0.05) is 41.9 Å². The fourth-order valence-corrected chi connectivity index (χ4v) is 2.19. The fraction of sp³-hybridized carbons (Fsp3) is 0.0625. The van der Waals surface area contributed by atoms with E-state index < -0.39 is 0 Å². The van der Waals surface area contributed by atoms with Crippen LogP contribution in [0.15, 0.2) is 55.0 Å². The first-order valence-corrected chi connectivity index (χ1v) is 7.37. The van der Waals surface area contributed by atoms with Crippen molar-refractivity contribution in [3.05, 3.63) is 65.7 Å². The molecule has 0 bridgehead atoms. The third-order valence-electron chi connectivity index (χ3n) is 3.20. The summed E-state index contributed by atoms with van der Waals surface area (Å²) in [6.07, 6.45) is 3.06. The molecule has 23 heavy (non-hydrogen) atoms. The molecule has 0 unspecified atom stereocenters. The smallest absolute Gasteiger partial charge is 0.159 e. The number of hydrogen-bond donors (Lipinski definition) is 3. The Bertz CT molecular complexity index is 794. The van der Waals surface area contributed by atoms with Gasteiger partial charge in [0, 0.05) is 12.7 Å². The van der Waals surface area contributed by atoms with E-state index in [1.165, 1.54) is 6.33 Å². The van der Waals surface area contributed by atoms with E-state index in [-0.39, 0.29) is 0 Å². The number of nitrogens with two attached hydrogens (primary N) is 1. The van der Waals surface area contributed by atoms with Crippen molar-refractivity contribution in [2.24, 2.45) is 0 Å². The number of rotatable bonds is 5. The van der Waals surface area contributed by atoms with Gasteiger partial charge in [0.1, 0.15) is 12.0 Å². The van der Waals surface area contributed by atoms with Gasteiger partial charge in [-0.05, 0) is 17.7 Å². The maximum Gasteiger partial charge on any atom is 0.159 e. The molecular formula is C16H15ClN6. The maximum absolute atomic E-state index is 6.13. The van der Waals surface area contributed by atoms with Crippen LogP contribution in [0.4, 0.5) is 23.0 Å². The standard InChI is InChI=1S/C16H15ClN6/c17-14-12(7-4-8-19-14)23-16-13(18)15(21-10-22-16)20-9-11-5-2-1-3-6-11/h1-8,10H,9,18H2,(H2,20,21,22,23). The predicted octanol–water partition coefficient (Wildman–Crippen LogP) is 3.46. The van der Waals surface area contributed by atoms with E-state index in [1.807, 2.05) is 30.3 Å². The lowest BCUT2D eigenvalue weighted by atomic mass is 10.2. The number of benzene rings is 1. The number of halogens is 1. The highest BCUT2D eigenvalue weighted by molar-refractivity contribution is 6.32. The van der Waals surface area contributed by atoms with Crippen molar-refractivity contribution < 1.29 is 0 Å². The molecule has 0 fully saturated rings. The third kappa shape index (κ3) is 3.67. The Labute approximate surface area is 138 Å². The van der Waals surface area contributed by atoms with Gasteiger partial charge in [-0.2, -0.15) is 0 Å². The van der Waals surface area contributed by atoms with Crippen LogP contribution >= 0.6 is 11.6 Å². The van der Waals surface area contributed by atoms with Crippen LogP contribution in [-0.2, 0) is 6.54 Å². The Balaban J connectivity index is 1.77. The number of pyridine rings is 1. The molecule has 1 aromatic carbocycles. The third-order valence-corrected chi connectivity index (χ3v) is 3.50. The zero-order chi connectivity index (χ0) is 16.1. The quantitative estimate of drug-likeness (QED) is 0.622. The lowest BCUT2D eigenvalue weighted by Crippen LogP contribution is -2.08. The van der Waals surface area contributed by atoms with E-state index in [2.05, 4.69) is 25.6 Å². The van der Waals surface area contributed by atoms with Crippen LogP contribution in [0.1, 0.15) is 5.56 Å². The first-order chi connectivity index (χ1) is 11.2. The lowest BCUT2D eigenvalue weighted by Gasteiger charge is -2.13. The molecule has 3 rings (SSSR count). The molecule has 4 N–H and O–H groups in total. The number of nitrogens with one attached hydrogen (secondary N) is 2. The molecule has 6 nitrogen and oxygen atoms in total. The second-order valence-electron chi connectivity index (χ2n) is 4.79. The van der Waals surface area contributed by atoms with Crippen molar-refractivity contribution in [1.29, 1.82) is 0 Å². The Kier molecular flexibility index (Phi) is 4.54. The van der Waals surface area contributed by atoms with Gasteiger partial charge in [0.25, 0.3) is 0 Å². The molecule has 0 radical (unpaired) electrons. The number of hydrogen-bond acceptors (Lipinski definition) is 6. The molecular weight excluding hydrogens is 312 g/mol. The van der Waals surface area contributed by atoms with Crippen molar-refractivity contribution in [3.8, 4) is 0 Å². The summed E-state index contributed by atoms with van der Waals surface area (Å²) in [4.78, 5) is 12.3. The molecule has 0 saturated heterocycles. The normalized spacial score (nSPS) is 10.3. The van der Waals surface area contributed by atoms with Crippen LogP contribution in [0.25, 0.3) is 0 Å². The Morgan fingerprint density at radius 2 is 1.74 bits per heavy atom. The maximum atomic E-state index is 6.13. The molecule has 0 atom stereocenters. The minimum atomic E-state index is 0.351. The highest BCUT2D eigenvalue weighted by Gasteiger charge is 2.10. The predicted molar refractivity (Wildman–Crippen MR) is 92.7 cm³/mol. The Morgan fingerprint density at radius 3 is 2.52 bits per heavy atom. The van der Waals surface area contributed by atoms with E-state index in [4.69, 9.17) is 17.3 Å². The Morgan fingerprint density at radius 1 is 0.957 bits per heavy atom. The van der Waals surface area contributed by atoms with Gasteiger partial charge in [-0.15, -0.1) is 0 Å². The summed E-state index contributed by atoms with van der Waals surface area (Å²) in [6, 6.07) is 13.6. The van der Waals surface area contributed by atoms with Gasteiger partial charge in [0.05, 0.1) is 5.69 Å². The average Bonchev–Trinajstić information content (AvgIpc) is 2.58. The largest absolute Gasteiger partial charge is 0.393 e. The van der Waals surface area contributed by atoms with E-state index in [9.17, 15) is 0 Å². The van der Waals surface area contributed by atoms with Crippen molar-refractivity contribution in [1.82, 2.24) is 15.0 Å². The van der Waals surface area contributed by atoms with Crippen LogP contribution < -0.4 is 16.4 Å². The van der Waals surface area contributed by atoms with Gasteiger partial charge < -0.3 is 16.4 Å². The van der Waals surface area contributed by atoms with Crippen LogP contribution in [0, 0.1) is 0 Å². The van der Waals surface area contributed by atoms with Crippen molar-refractivity contribution >= 4 is 34.6 Å². The van der Waals surface area contributed by atoms with E-state index in [0.29, 0.717) is 34.7 Å². The Hall–Kier alpha value is -2.86. The number of nitrogens with zero attached hydrogens (tertiary/aromatic N) is 3. The van der Waals surface area contributed by atoms with Gasteiger partial charge >= 0.3 is 0 Å². The summed E-state index contributed by atoms with van der Waals surface area (Å²) in [5.41, 5.74) is 8.32. The highest BCUT2D eigenvalue weighted by atomic mass is 35.5. The molecule has 7 heteroatoms. The summed E-state index contributed by atoms with van der Waals surface area (Å²) in [6.45, 7) is 0.620. The number of anilines is 4. The second kappa shape index (κ2) is 6.93. The summed E-state index contributed by atoms with van der Waals surface area (Å²) < 4.78 is 0. The first kappa shape index (κ1) is 15.1. The molecule has 0 saturated carbocycles. The zero-order valence-corrected chi connectivity index (χ0v) is 13.0. The van der Waals surface area contributed by atoms with Gasteiger partial charge in [-0.3, -0.25) is 0 Å². The molecule has 116 valence electrons. The molecule has 0 spiro atoms. The van der Waals surface area contributed by atoms with E-state index in [1.54, 1.807) is 18.3 Å². The topological polar surface area (TPSA) is 88.8 Å². The zero-order valence-electron chi connectivity index (χ0n) is 12.2. The van der Waals surface area contributed by atoms with E-state index in [0.717, 1.165) is 5.56 Å². The minimum Gasteiger partial charge on any atom is -0.393 e. The fourth-order valence-electron chi connectivity index (χ4n) is 2.02. The molecule has 2 heterocycles. The van der Waals surface area contributed by atoms with Crippen LogP contribution in [-0.4, -0.2) is 15.0 Å². The van der Waals surface area contributed by atoms with Crippen molar-refractivity contribution in [3.63, 3.8) is 0 Å². The summed E-state index contributed by atoms with van der Waals surface area (Å²) >= 11 is 6.03. The van der Waals surface area contributed by atoms with Gasteiger partial charge in [0.15, 0.2) is 16.8 Å². The number of aromatic nitrogens is 3. The lowest BCUT2D eigenvalue weighted by molar-refractivity contribution is 1.09. The number of nitrogen functional groups attached to an aromatic ring is 1.